The smallest absolute Gasteiger partial charge is 0.328 e. The second-order valence-electron chi connectivity index (χ2n) is 7.86. The fourth-order valence-electron chi connectivity index (χ4n) is 4.38. The predicted molar refractivity (Wildman–Crippen MR) is 119 cm³/mol. The molecule has 2 heterocycles. The fraction of sp³-hybridized carbons (Fsp3) is 0.318. The van der Waals surface area contributed by atoms with Crippen molar-refractivity contribution in [2.45, 2.75) is 18.9 Å². The highest BCUT2D eigenvalue weighted by atomic mass is 16.4. The second-order valence-corrected chi connectivity index (χ2v) is 7.86. The van der Waals surface area contributed by atoms with E-state index >= 15 is 0 Å². The average molecular weight is 434 g/mol. The third kappa shape index (κ3) is 4.27. The number of carboxylic acids is 1. The summed E-state index contributed by atoms with van der Waals surface area (Å²) in [7, 11) is 0. The van der Waals surface area contributed by atoms with Crippen LogP contribution < -0.4 is 11.2 Å². The van der Waals surface area contributed by atoms with Crippen molar-refractivity contribution >= 4 is 22.6 Å². The van der Waals surface area contributed by atoms with Crippen LogP contribution in [0.5, 0.6) is 0 Å². The molecule has 1 aliphatic rings. The number of aliphatic carboxylic acids is 1. The number of nitrogens with one attached hydrogen (secondary N) is 1. The molecule has 4 rings (SSSR count). The maximum atomic E-state index is 12.7. The molecule has 1 aromatic heterocycles. The SMILES string of the molecule is [N-]=[N+]=Nc1cccc(C2CCN(CCn3c(=O)[nH]c4ccccc4c3=O)CC2C(=O)O)c1. The molecule has 2 aromatic carbocycles. The molecule has 32 heavy (non-hydrogen) atoms. The summed E-state index contributed by atoms with van der Waals surface area (Å²) >= 11 is 0. The van der Waals surface area contributed by atoms with E-state index in [2.05, 4.69) is 15.0 Å². The fourth-order valence-corrected chi connectivity index (χ4v) is 4.38. The normalized spacial score (nSPS) is 18.9. The number of H-pyrrole nitrogens is 1. The van der Waals surface area contributed by atoms with Crippen LogP contribution in [0.25, 0.3) is 21.3 Å². The van der Waals surface area contributed by atoms with Gasteiger partial charge in [-0.25, -0.2) is 4.79 Å². The number of azide groups is 1. The summed E-state index contributed by atoms with van der Waals surface area (Å²) in [4.78, 5) is 44.6. The Morgan fingerprint density at radius 2 is 2.00 bits per heavy atom. The van der Waals surface area contributed by atoms with Crippen molar-refractivity contribution in [3.05, 3.63) is 85.4 Å². The number of rotatable bonds is 6. The number of fused-ring (bicyclic) bond motifs is 1. The van der Waals surface area contributed by atoms with Gasteiger partial charge in [0.25, 0.3) is 5.56 Å². The van der Waals surface area contributed by atoms with E-state index in [1.807, 2.05) is 11.0 Å². The van der Waals surface area contributed by atoms with Gasteiger partial charge in [-0.3, -0.25) is 14.2 Å². The molecule has 0 amide bonds. The Bertz CT molecular complexity index is 1320. The average Bonchev–Trinajstić information content (AvgIpc) is 2.79. The maximum Gasteiger partial charge on any atom is 0.328 e. The predicted octanol–water partition coefficient (Wildman–Crippen LogP) is 2.82. The number of nitrogens with zero attached hydrogens (tertiary/aromatic N) is 5. The van der Waals surface area contributed by atoms with Gasteiger partial charge in [0.15, 0.2) is 0 Å². The molecule has 10 nitrogen and oxygen atoms in total. The molecule has 0 bridgehead atoms. The summed E-state index contributed by atoms with van der Waals surface area (Å²) < 4.78 is 1.16. The van der Waals surface area contributed by atoms with Crippen molar-refractivity contribution in [2.75, 3.05) is 19.6 Å². The van der Waals surface area contributed by atoms with Crippen molar-refractivity contribution < 1.29 is 9.90 Å². The summed E-state index contributed by atoms with van der Waals surface area (Å²) in [5, 5.41) is 13.9. The van der Waals surface area contributed by atoms with Crippen LogP contribution in [-0.2, 0) is 11.3 Å². The van der Waals surface area contributed by atoms with Crippen LogP contribution in [0.2, 0.25) is 0 Å². The van der Waals surface area contributed by atoms with Crippen molar-refractivity contribution in [3.63, 3.8) is 0 Å². The van der Waals surface area contributed by atoms with E-state index in [9.17, 15) is 19.5 Å². The maximum absolute atomic E-state index is 12.7. The van der Waals surface area contributed by atoms with E-state index in [0.29, 0.717) is 42.6 Å². The van der Waals surface area contributed by atoms with Crippen LogP contribution in [0.15, 0.2) is 63.2 Å². The van der Waals surface area contributed by atoms with E-state index in [-0.39, 0.29) is 18.0 Å². The number of benzene rings is 2. The Kier molecular flexibility index (Phi) is 6.07. The van der Waals surface area contributed by atoms with E-state index in [1.54, 1.807) is 42.5 Å². The number of hydrogen-bond acceptors (Lipinski definition) is 5. The summed E-state index contributed by atoms with van der Waals surface area (Å²) in [5.74, 6) is -1.78. The van der Waals surface area contributed by atoms with Crippen molar-refractivity contribution in [1.82, 2.24) is 14.5 Å². The Balaban J connectivity index is 1.51. The molecule has 0 aliphatic carbocycles. The van der Waals surface area contributed by atoms with Crippen molar-refractivity contribution in [3.8, 4) is 0 Å². The lowest BCUT2D eigenvalue weighted by Gasteiger charge is -2.36. The molecule has 1 aliphatic heterocycles. The van der Waals surface area contributed by atoms with Gasteiger partial charge in [-0.1, -0.05) is 35.4 Å². The summed E-state index contributed by atoms with van der Waals surface area (Å²) in [6.45, 7) is 1.48. The number of carboxylic acid groups (broad SMARTS) is 1. The minimum atomic E-state index is -0.908. The van der Waals surface area contributed by atoms with E-state index in [1.165, 1.54) is 0 Å². The van der Waals surface area contributed by atoms with Crippen LogP contribution in [0.3, 0.4) is 0 Å². The van der Waals surface area contributed by atoms with Crippen LogP contribution in [0.4, 0.5) is 5.69 Å². The number of aromatic amines is 1. The van der Waals surface area contributed by atoms with Crippen molar-refractivity contribution in [2.24, 2.45) is 11.0 Å². The molecule has 164 valence electrons. The van der Waals surface area contributed by atoms with Gasteiger partial charge < -0.3 is 15.0 Å². The minimum Gasteiger partial charge on any atom is -0.481 e. The van der Waals surface area contributed by atoms with Crippen LogP contribution in [0.1, 0.15) is 17.9 Å². The summed E-state index contributed by atoms with van der Waals surface area (Å²) in [6.07, 6.45) is 0.597. The molecule has 2 N–H and O–H groups in total. The number of hydrogen-bond donors (Lipinski definition) is 2. The largest absolute Gasteiger partial charge is 0.481 e. The minimum absolute atomic E-state index is 0.169. The van der Waals surface area contributed by atoms with Gasteiger partial charge in [0, 0.05) is 30.2 Å². The quantitative estimate of drug-likeness (QED) is 0.348. The molecular formula is C22H22N6O4. The monoisotopic (exact) mass is 434 g/mol. The number of piperidine rings is 1. The van der Waals surface area contributed by atoms with Crippen LogP contribution >= 0.6 is 0 Å². The molecule has 2 atom stereocenters. The molecule has 10 heteroatoms. The second kappa shape index (κ2) is 9.09. The first-order valence-corrected chi connectivity index (χ1v) is 10.3. The molecular weight excluding hydrogens is 412 g/mol. The lowest BCUT2D eigenvalue weighted by atomic mass is 9.80. The van der Waals surface area contributed by atoms with E-state index < -0.39 is 17.6 Å². The highest BCUT2D eigenvalue weighted by Crippen LogP contribution is 2.34. The Morgan fingerprint density at radius 3 is 2.78 bits per heavy atom. The summed E-state index contributed by atoms with van der Waals surface area (Å²) in [6, 6.07) is 13.8. The highest BCUT2D eigenvalue weighted by molar-refractivity contribution is 5.76. The van der Waals surface area contributed by atoms with Gasteiger partial charge >= 0.3 is 11.7 Å². The topological polar surface area (TPSA) is 144 Å². The molecule has 3 aromatic rings. The third-order valence-electron chi connectivity index (χ3n) is 6.00. The number of para-hydroxylation sites is 1. The van der Waals surface area contributed by atoms with Crippen molar-refractivity contribution in [1.29, 1.82) is 0 Å². The molecule has 1 fully saturated rings. The van der Waals surface area contributed by atoms with Crippen LogP contribution in [0, 0.1) is 5.92 Å². The number of carbonyl (C=O) groups is 1. The Labute approximate surface area is 182 Å². The number of likely N-dealkylation sites (tertiary alicyclic amines) is 1. The molecule has 0 spiro atoms. The van der Waals surface area contributed by atoms with Crippen LogP contribution in [-0.4, -0.2) is 45.2 Å². The van der Waals surface area contributed by atoms with Gasteiger partial charge in [-0.05, 0) is 48.2 Å². The van der Waals surface area contributed by atoms with Gasteiger partial charge in [0.1, 0.15) is 0 Å². The lowest BCUT2D eigenvalue weighted by molar-refractivity contribution is -0.144. The zero-order valence-electron chi connectivity index (χ0n) is 17.2. The standard InChI is InChI=1S/C22H22N6O4/c23-26-25-15-5-3-4-14(12-15)16-8-9-27(13-18(16)21(30)31)10-11-28-20(29)17-6-1-2-7-19(17)24-22(28)32/h1-7,12,16,18H,8-11,13H2,(H,24,32)(H,30,31). The van der Waals surface area contributed by atoms with Gasteiger partial charge in [0.2, 0.25) is 0 Å². The Hall–Kier alpha value is -3.88. The number of aromatic nitrogens is 2. The van der Waals surface area contributed by atoms with Gasteiger partial charge in [0.05, 0.1) is 16.8 Å². The molecule has 2 unspecified atom stereocenters. The first kappa shape index (κ1) is 21.4. The summed E-state index contributed by atoms with van der Waals surface area (Å²) in [5.41, 5.74) is 9.59. The Morgan fingerprint density at radius 1 is 1.19 bits per heavy atom. The first-order chi connectivity index (χ1) is 15.5. The lowest BCUT2D eigenvalue weighted by Crippen LogP contribution is -2.46. The zero-order valence-corrected chi connectivity index (χ0v) is 17.2. The van der Waals surface area contributed by atoms with E-state index in [4.69, 9.17) is 5.53 Å². The molecule has 0 saturated carbocycles. The zero-order chi connectivity index (χ0) is 22.7. The first-order valence-electron chi connectivity index (χ1n) is 10.3. The highest BCUT2D eigenvalue weighted by Gasteiger charge is 2.35. The molecule has 1 saturated heterocycles. The van der Waals surface area contributed by atoms with Gasteiger partial charge in [-0.2, -0.15) is 0 Å². The molecule has 0 radical (unpaired) electrons. The van der Waals surface area contributed by atoms with E-state index in [0.717, 1.165) is 10.1 Å². The third-order valence-corrected chi connectivity index (χ3v) is 6.00. The van der Waals surface area contributed by atoms with Gasteiger partial charge in [-0.15, -0.1) is 0 Å².